The molecule has 176 valence electrons. The summed E-state index contributed by atoms with van der Waals surface area (Å²) in [5, 5.41) is 11.6. The van der Waals surface area contributed by atoms with Gasteiger partial charge < -0.3 is 10.0 Å². The van der Waals surface area contributed by atoms with Crippen molar-refractivity contribution >= 4 is 5.91 Å². The Morgan fingerprint density at radius 3 is 2.24 bits per heavy atom. The molecule has 0 aromatic heterocycles. The zero-order valence-electron chi connectivity index (χ0n) is 19.3. The van der Waals surface area contributed by atoms with E-state index in [4.69, 9.17) is 0 Å². The van der Waals surface area contributed by atoms with Gasteiger partial charge in [0.05, 0.1) is 11.5 Å². The normalized spacial score (nSPS) is 32.8. The molecule has 3 fully saturated rings. The maximum absolute atomic E-state index is 14.7. The van der Waals surface area contributed by atoms with Crippen molar-refractivity contribution < 1.29 is 18.7 Å². The van der Waals surface area contributed by atoms with Crippen molar-refractivity contribution in [3.63, 3.8) is 0 Å². The van der Waals surface area contributed by atoms with Crippen LogP contribution in [0.5, 0.6) is 0 Å². The fourth-order valence-corrected chi connectivity index (χ4v) is 6.13. The first-order chi connectivity index (χ1) is 15.8. The van der Waals surface area contributed by atoms with E-state index in [2.05, 4.69) is 4.90 Å². The highest BCUT2D eigenvalue weighted by atomic mass is 19.1. The summed E-state index contributed by atoms with van der Waals surface area (Å²) in [6, 6.07) is 13.9. The van der Waals surface area contributed by atoms with Crippen LogP contribution < -0.4 is 0 Å². The van der Waals surface area contributed by atoms with E-state index in [-0.39, 0.29) is 29.6 Å². The van der Waals surface area contributed by atoms with Crippen molar-refractivity contribution in [1.82, 2.24) is 9.80 Å². The van der Waals surface area contributed by atoms with E-state index < -0.39 is 17.2 Å². The molecule has 1 aliphatic carbocycles. The summed E-state index contributed by atoms with van der Waals surface area (Å²) in [5.74, 6) is -2.11. The molecule has 0 radical (unpaired) electrons. The molecule has 0 bridgehead atoms. The first kappa shape index (κ1) is 22.5. The largest absolute Gasteiger partial charge is 0.384 e. The van der Waals surface area contributed by atoms with Gasteiger partial charge in [-0.05, 0) is 30.0 Å². The highest BCUT2D eigenvalue weighted by Crippen LogP contribution is 2.44. The van der Waals surface area contributed by atoms with Crippen LogP contribution in [-0.2, 0) is 10.4 Å². The molecule has 2 heterocycles. The molecule has 2 aromatic rings. The lowest BCUT2D eigenvalue weighted by Gasteiger charge is -2.48. The molecule has 5 atom stereocenters. The zero-order valence-corrected chi connectivity index (χ0v) is 19.3. The van der Waals surface area contributed by atoms with Gasteiger partial charge in [-0.3, -0.25) is 9.69 Å². The second kappa shape index (κ2) is 8.48. The Morgan fingerprint density at radius 1 is 0.970 bits per heavy atom. The third kappa shape index (κ3) is 3.97. The Hall–Kier alpha value is -2.31. The maximum Gasteiger partial charge on any atom is 0.227 e. The number of halogens is 2. The van der Waals surface area contributed by atoms with E-state index in [1.807, 2.05) is 49.1 Å². The van der Waals surface area contributed by atoms with Gasteiger partial charge in [-0.1, -0.05) is 50.2 Å². The zero-order chi connectivity index (χ0) is 23.3. The van der Waals surface area contributed by atoms with Gasteiger partial charge in [-0.25, -0.2) is 8.78 Å². The second-order valence-corrected chi connectivity index (χ2v) is 10.3. The van der Waals surface area contributed by atoms with Crippen LogP contribution in [-0.4, -0.2) is 53.0 Å². The SMILES string of the molecule is C[C@@H]1CN(C(=O)[C@H]2CN(C3CC3)C[C@@H]2c2ccc(F)cc2F)C[C@H](C)C1(O)c1ccccc1. The Morgan fingerprint density at radius 2 is 1.64 bits per heavy atom. The van der Waals surface area contributed by atoms with E-state index in [1.165, 1.54) is 12.1 Å². The molecule has 6 heteroatoms. The van der Waals surface area contributed by atoms with Crippen molar-refractivity contribution in [2.45, 2.75) is 44.2 Å². The van der Waals surface area contributed by atoms with Gasteiger partial charge in [0.1, 0.15) is 11.6 Å². The van der Waals surface area contributed by atoms with Crippen LogP contribution in [0.25, 0.3) is 0 Å². The number of carbonyl (C=O) groups excluding carboxylic acids is 1. The van der Waals surface area contributed by atoms with Crippen molar-refractivity contribution in [1.29, 1.82) is 0 Å². The molecule has 1 N–H and O–H groups in total. The Bertz CT molecular complexity index is 1010. The lowest BCUT2D eigenvalue weighted by molar-refractivity contribution is -0.152. The van der Waals surface area contributed by atoms with Gasteiger partial charge in [0.15, 0.2) is 0 Å². The predicted molar refractivity (Wildman–Crippen MR) is 122 cm³/mol. The van der Waals surface area contributed by atoms with E-state index in [0.717, 1.165) is 24.5 Å². The van der Waals surface area contributed by atoms with Crippen LogP contribution in [0, 0.1) is 29.4 Å². The molecule has 1 unspecified atom stereocenters. The van der Waals surface area contributed by atoms with Gasteiger partial charge in [-0.2, -0.15) is 0 Å². The third-order valence-corrected chi connectivity index (χ3v) is 8.13. The summed E-state index contributed by atoms with van der Waals surface area (Å²) in [6.45, 7) is 6.11. The summed E-state index contributed by atoms with van der Waals surface area (Å²) >= 11 is 0. The highest BCUT2D eigenvalue weighted by Gasteiger charge is 2.50. The predicted octanol–water partition coefficient (Wildman–Crippen LogP) is 4.14. The fraction of sp³-hybridized carbons (Fsp3) is 0.519. The van der Waals surface area contributed by atoms with E-state index in [0.29, 0.717) is 37.8 Å². The Labute approximate surface area is 194 Å². The Balaban J connectivity index is 1.39. The van der Waals surface area contributed by atoms with Crippen molar-refractivity contribution in [3.8, 4) is 0 Å². The number of aliphatic hydroxyl groups is 1. The van der Waals surface area contributed by atoms with E-state index >= 15 is 0 Å². The fourth-order valence-electron chi connectivity index (χ4n) is 6.13. The van der Waals surface area contributed by atoms with Crippen LogP contribution in [0.1, 0.15) is 43.7 Å². The average Bonchev–Trinajstić information content (AvgIpc) is 3.56. The standard InChI is InChI=1S/C27H32F2N2O2/c1-17-13-31(14-18(2)27(17,33)19-6-4-3-5-7-19)26(32)24-16-30(21-9-10-21)15-23(24)22-11-8-20(28)12-25(22)29/h3-8,11-12,17-18,21,23-24,33H,9-10,13-16H2,1-2H3/t17-,18+,23-,24+,27?/m1/s1. The van der Waals surface area contributed by atoms with Crippen LogP contribution in [0.2, 0.25) is 0 Å². The number of amides is 1. The average molecular weight is 455 g/mol. The van der Waals surface area contributed by atoms with Crippen molar-refractivity contribution in [2.24, 2.45) is 17.8 Å². The van der Waals surface area contributed by atoms with Crippen LogP contribution in [0.4, 0.5) is 8.78 Å². The molecule has 4 nitrogen and oxygen atoms in total. The summed E-state index contributed by atoms with van der Waals surface area (Å²) < 4.78 is 28.3. The van der Waals surface area contributed by atoms with Gasteiger partial charge in [0.2, 0.25) is 5.91 Å². The molecule has 0 spiro atoms. The minimum atomic E-state index is -1.00. The second-order valence-electron chi connectivity index (χ2n) is 10.3. The lowest BCUT2D eigenvalue weighted by atomic mass is 9.70. The quantitative estimate of drug-likeness (QED) is 0.755. The molecule has 5 rings (SSSR count). The van der Waals surface area contributed by atoms with Gasteiger partial charge >= 0.3 is 0 Å². The minimum absolute atomic E-state index is 0.0145. The monoisotopic (exact) mass is 454 g/mol. The minimum Gasteiger partial charge on any atom is -0.384 e. The third-order valence-electron chi connectivity index (χ3n) is 8.13. The molecule has 1 saturated carbocycles. The first-order valence-corrected chi connectivity index (χ1v) is 12.0. The molecule has 1 amide bonds. The van der Waals surface area contributed by atoms with Crippen LogP contribution in [0.15, 0.2) is 48.5 Å². The number of nitrogens with zero attached hydrogens (tertiary/aromatic N) is 2. The summed E-state index contributed by atoms with van der Waals surface area (Å²) in [6.07, 6.45) is 2.23. The number of hydrogen-bond acceptors (Lipinski definition) is 3. The van der Waals surface area contributed by atoms with Crippen LogP contribution in [0.3, 0.4) is 0 Å². The number of rotatable bonds is 4. The molecular weight excluding hydrogens is 422 g/mol. The molecular formula is C27H32F2N2O2. The summed E-state index contributed by atoms with van der Waals surface area (Å²) in [4.78, 5) is 18.0. The number of benzene rings is 2. The molecule has 2 saturated heterocycles. The summed E-state index contributed by atoms with van der Waals surface area (Å²) in [7, 11) is 0. The summed E-state index contributed by atoms with van der Waals surface area (Å²) in [5.41, 5.74) is 0.303. The van der Waals surface area contributed by atoms with Crippen molar-refractivity contribution in [3.05, 3.63) is 71.3 Å². The highest BCUT2D eigenvalue weighted by molar-refractivity contribution is 5.81. The van der Waals surface area contributed by atoms with Gasteiger partial charge in [0, 0.05) is 56.0 Å². The molecule has 2 aliphatic heterocycles. The number of carbonyl (C=O) groups is 1. The smallest absolute Gasteiger partial charge is 0.227 e. The molecule has 3 aliphatic rings. The van der Waals surface area contributed by atoms with E-state index in [1.54, 1.807) is 0 Å². The topological polar surface area (TPSA) is 43.8 Å². The number of likely N-dealkylation sites (tertiary alicyclic amines) is 2. The maximum atomic E-state index is 14.7. The van der Waals surface area contributed by atoms with E-state index in [9.17, 15) is 18.7 Å². The number of hydrogen-bond donors (Lipinski definition) is 1. The lowest BCUT2D eigenvalue weighted by Crippen LogP contribution is -2.57. The first-order valence-electron chi connectivity index (χ1n) is 12.0. The molecule has 33 heavy (non-hydrogen) atoms. The molecule has 2 aromatic carbocycles. The Kier molecular flexibility index (Phi) is 5.78. The number of piperidine rings is 1. The van der Waals surface area contributed by atoms with Gasteiger partial charge in [-0.15, -0.1) is 0 Å². The van der Waals surface area contributed by atoms with Crippen LogP contribution >= 0.6 is 0 Å². The van der Waals surface area contributed by atoms with Crippen molar-refractivity contribution in [2.75, 3.05) is 26.2 Å². The van der Waals surface area contributed by atoms with Gasteiger partial charge in [0.25, 0.3) is 0 Å².